The standard InChI is InChI=1S/C15H26N2/c1-2-11(1)14(12-3-4-12)9-17-8-7-16-15(10-17)13-5-6-13/h11-16H,1-10H2. The first-order valence-electron chi connectivity index (χ1n) is 7.86. The summed E-state index contributed by atoms with van der Waals surface area (Å²) in [5, 5.41) is 3.73. The van der Waals surface area contributed by atoms with Crippen molar-refractivity contribution in [3.63, 3.8) is 0 Å². The lowest BCUT2D eigenvalue weighted by Gasteiger charge is -2.36. The van der Waals surface area contributed by atoms with Gasteiger partial charge >= 0.3 is 0 Å². The van der Waals surface area contributed by atoms with Crippen LogP contribution in [0.4, 0.5) is 0 Å². The summed E-state index contributed by atoms with van der Waals surface area (Å²) in [4.78, 5) is 2.79. The van der Waals surface area contributed by atoms with Crippen LogP contribution in [0.5, 0.6) is 0 Å². The van der Waals surface area contributed by atoms with Crippen LogP contribution < -0.4 is 5.32 Å². The van der Waals surface area contributed by atoms with Crippen LogP contribution in [0, 0.1) is 23.7 Å². The number of piperazine rings is 1. The summed E-state index contributed by atoms with van der Waals surface area (Å²) >= 11 is 0. The minimum Gasteiger partial charge on any atom is -0.311 e. The van der Waals surface area contributed by atoms with Crippen molar-refractivity contribution >= 4 is 0 Å². The molecule has 4 rings (SSSR count). The Bertz CT molecular complexity index is 267. The average Bonchev–Trinajstić information content (AvgIpc) is 3.21. The summed E-state index contributed by atoms with van der Waals surface area (Å²) in [6.07, 6.45) is 9.14. The molecule has 2 nitrogen and oxygen atoms in total. The molecule has 0 bridgehead atoms. The Morgan fingerprint density at radius 3 is 2.29 bits per heavy atom. The summed E-state index contributed by atoms with van der Waals surface area (Å²) in [5.41, 5.74) is 0. The highest BCUT2D eigenvalue weighted by molar-refractivity contribution is 4.96. The number of hydrogen-bond acceptors (Lipinski definition) is 2. The molecule has 0 aromatic carbocycles. The second kappa shape index (κ2) is 4.24. The van der Waals surface area contributed by atoms with Gasteiger partial charge in [-0.15, -0.1) is 0 Å². The van der Waals surface area contributed by atoms with Crippen LogP contribution in [0.25, 0.3) is 0 Å². The number of nitrogens with zero attached hydrogens (tertiary/aromatic N) is 1. The van der Waals surface area contributed by atoms with Crippen LogP contribution >= 0.6 is 0 Å². The SMILES string of the molecule is C1CN(CC(C2CC2)C2CC2)CC(C2CC2)N1. The van der Waals surface area contributed by atoms with Gasteiger partial charge in [0.1, 0.15) is 0 Å². The van der Waals surface area contributed by atoms with Crippen LogP contribution in [0.1, 0.15) is 38.5 Å². The smallest absolute Gasteiger partial charge is 0.0223 e. The zero-order chi connectivity index (χ0) is 11.2. The molecular weight excluding hydrogens is 208 g/mol. The maximum Gasteiger partial charge on any atom is 0.0223 e. The minimum absolute atomic E-state index is 0.836. The summed E-state index contributed by atoms with van der Waals surface area (Å²) in [6, 6.07) is 0.836. The maximum absolute atomic E-state index is 3.73. The van der Waals surface area contributed by atoms with E-state index >= 15 is 0 Å². The molecule has 3 saturated carbocycles. The van der Waals surface area contributed by atoms with E-state index in [2.05, 4.69) is 10.2 Å². The Kier molecular flexibility index (Phi) is 2.69. The monoisotopic (exact) mass is 234 g/mol. The third-order valence-corrected chi connectivity index (χ3v) is 5.40. The van der Waals surface area contributed by atoms with E-state index in [9.17, 15) is 0 Å². The van der Waals surface area contributed by atoms with Crippen molar-refractivity contribution in [1.82, 2.24) is 10.2 Å². The molecule has 0 aromatic rings. The van der Waals surface area contributed by atoms with Crippen molar-refractivity contribution in [1.29, 1.82) is 0 Å². The highest BCUT2D eigenvalue weighted by atomic mass is 15.2. The fourth-order valence-corrected chi connectivity index (χ4v) is 3.85. The van der Waals surface area contributed by atoms with Gasteiger partial charge in [-0.25, -0.2) is 0 Å². The summed E-state index contributed by atoms with van der Waals surface area (Å²) in [7, 11) is 0. The van der Waals surface area contributed by atoms with Gasteiger partial charge in [0.25, 0.3) is 0 Å². The van der Waals surface area contributed by atoms with E-state index in [0.717, 1.165) is 29.7 Å². The molecule has 1 heterocycles. The van der Waals surface area contributed by atoms with E-state index in [4.69, 9.17) is 0 Å². The molecule has 4 fully saturated rings. The molecule has 1 saturated heterocycles. The molecule has 1 N–H and O–H groups in total. The van der Waals surface area contributed by atoms with Gasteiger partial charge in [0.2, 0.25) is 0 Å². The molecule has 1 unspecified atom stereocenters. The third kappa shape index (κ3) is 2.53. The highest BCUT2D eigenvalue weighted by Gasteiger charge is 2.43. The summed E-state index contributed by atoms with van der Waals surface area (Å²) < 4.78 is 0. The van der Waals surface area contributed by atoms with Gasteiger partial charge in [0.05, 0.1) is 0 Å². The number of nitrogens with one attached hydrogen (secondary N) is 1. The fourth-order valence-electron chi connectivity index (χ4n) is 3.85. The molecule has 4 aliphatic rings. The van der Waals surface area contributed by atoms with Crippen LogP contribution in [0.3, 0.4) is 0 Å². The molecule has 1 aliphatic heterocycles. The van der Waals surface area contributed by atoms with Crippen LogP contribution in [-0.4, -0.2) is 37.1 Å². The van der Waals surface area contributed by atoms with Gasteiger partial charge < -0.3 is 10.2 Å². The van der Waals surface area contributed by atoms with E-state index in [0.29, 0.717) is 0 Å². The Balaban J connectivity index is 1.33. The molecule has 0 spiro atoms. The average molecular weight is 234 g/mol. The van der Waals surface area contributed by atoms with Crippen molar-refractivity contribution in [3.05, 3.63) is 0 Å². The number of hydrogen-bond donors (Lipinski definition) is 1. The van der Waals surface area contributed by atoms with Crippen molar-refractivity contribution in [3.8, 4) is 0 Å². The quantitative estimate of drug-likeness (QED) is 0.784. The first kappa shape index (κ1) is 10.8. The Labute approximate surface area is 105 Å². The first-order valence-corrected chi connectivity index (χ1v) is 7.86. The molecule has 96 valence electrons. The van der Waals surface area contributed by atoms with Gasteiger partial charge in [-0.2, -0.15) is 0 Å². The van der Waals surface area contributed by atoms with E-state index < -0.39 is 0 Å². The predicted molar refractivity (Wildman–Crippen MR) is 69.9 cm³/mol. The Morgan fingerprint density at radius 2 is 1.71 bits per heavy atom. The van der Waals surface area contributed by atoms with Gasteiger partial charge in [-0.3, -0.25) is 0 Å². The van der Waals surface area contributed by atoms with Crippen molar-refractivity contribution < 1.29 is 0 Å². The van der Waals surface area contributed by atoms with Gasteiger partial charge in [0, 0.05) is 32.2 Å². The van der Waals surface area contributed by atoms with Crippen LogP contribution in [-0.2, 0) is 0 Å². The van der Waals surface area contributed by atoms with Gasteiger partial charge in [-0.1, -0.05) is 0 Å². The Morgan fingerprint density at radius 1 is 1.00 bits per heavy atom. The Hall–Kier alpha value is -0.0800. The highest BCUT2D eigenvalue weighted by Crippen LogP contribution is 2.49. The van der Waals surface area contributed by atoms with Crippen molar-refractivity contribution in [2.45, 2.75) is 44.6 Å². The number of rotatable bonds is 5. The molecule has 0 amide bonds. The molecular formula is C15H26N2. The lowest BCUT2D eigenvalue weighted by molar-refractivity contribution is 0.149. The zero-order valence-corrected chi connectivity index (χ0v) is 10.9. The predicted octanol–water partition coefficient (Wildman–Crippen LogP) is 2.11. The maximum atomic E-state index is 3.73. The normalized spacial score (nSPS) is 35.5. The van der Waals surface area contributed by atoms with Crippen LogP contribution in [0.15, 0.2) is 0 Å². The second-order valence-corrected chi connectivity index (χ2v) is 7.00. The van der Waals surface area contributed by atoms with Gasteiger partial charge in [-0.05, 0) is 62.2 Å². The molecule has 0 radical (unpaired) electrons. The van der Waals surface area contributed by atoms with E-state index in [1.807, 2.05) is 0 Å². The van der Waals surface area contributed by atoms with Crippen molar-refractivity contribution in [2.75, 3.05) is 26.2 Å². The minimum atomic E-state index is 0.836. The second-order valence-electron chi connectivity index (χ2n) is 7.00. The van der Waals surface area contributed by atoms with Gasteiger partial charge in [0.15, 0.2) is 0 Å². The topological polar surface area (TPSA) is 15.3 Å². The first-order chi connectivity index (χ1) is 8.40. The largest absolute Gasteiger partial charge is 0.311 e. The molecule has 17 heavy (non-hydrogen) atoms. The summed E-state index contributed by atoms with van der Waals surface area (Å²) in [6.45, 7) is 5.32. The zero-order valence-electron chi connectivity index (χ0n) is 10.9. The molecule has 3 aliphatic carbocycles. The third-order valence-electron chi connectivity index (χ3n) is 5.40. The van der Waals surface area contributed by atoms with E-state index in [1.54, 1.807) is 25.7 Å². The summed E-state index contributed by atoms with van der Waals surface area (Å²) in [5.74, 6) is 4.35. The van der Waals surface area contributed by atoms with Crippen LogP contribution in [0.2, 0.25) is 0 Å². The molecule has 0 aromatic heterocycles. The van der Waals surface area contributed by atoms with E-state index in [-0.39, 0.29) is 0 Å². The molecule has 1 atom stereocenters. The fraction of sp³-hybridized carbons (Fsp3) is 1.00. The lowest BCUT2D eigenvalue weighted by atomic mass is 9.96. The lowest BCUT2D eigenvalue weighted by Crippen LogP contribution is -2.52. The molecule has 2 heteroatoms. The van der Waals surface area contributed by atoms with Crippen molar-refractivity contribution in [2.24, 2.45) is 23.7 Å². The van der Waals surface area contributed by atoms with E-state index in [1.165, 1.54) is 39.0 Å².